The molecule has 0 bridgehead atoms. The highest BCUT2D eigenvalue weighted by molar-refractivity contribution is 7.51. The van der Waals surface area contributed by atoms with Gasteiger partial charge < -0.3 is 19.3 Å². The molecule has 0 rings (SSSR count). The second-order valence-corrected chi connectivity index (χ2v) is 7.88. The second-order valence-electron chi connectivity index (χ2n) is 6.10. The molecule has 8 heteroatoms. The van der Waals surface area contributed by atoms with E-state index in [0.29, 0.717) is 18.8 Å². The van der Waals surface area contributed by atoms with Crippen LogP contribution in [0.1, 0.15) is 64.7 Å². The van der Waals surface area contributed by atoms with Gasteiger partial charge >= 0.3 is 19.5 Å². The van der Waals surface area contributed by atoms with Gasteiger partial charge in [0.1, 0.15) is 0 Å². The van der Waals surface area contributed by atoms with Crippen LogP contribution in [0.15, 0.2) is 12.2 Å². The van der Waals surface area contributed by atoms with Gasteiger partial charge in [-0.15, -0.1) is 0 Å². The van der Waals surface area contributed by atoms with Crippen LogP contribution in [0.25, 0.3) is 0 Å². The number of unbranched alkanes of at least 4 members (excludes halogenated alkanes) is 7. The predicted molar refractivity (Wildman–Crippen MR) is 95.2 cm³/mol. The summed E-state index contributed by atoms with van der Waals surface area (Å²) in [6.07, 6.45) is 7.30. The van der Waals surface area contributed by atoms with Crippen LogP contribution >= 0.6 is 7.60 Å². The first-order valence-corrected chi connectivity index (χ1v) is 10.5. The Balaban J connectivity index is 3.29. The van der Waals surface area contributed by atoms with E-state index >= 15 is 0 Å². The van der Waals surface area contributed by atoms with E-state index in [4.69, 9.17) is 19.3 Å². The van der Waals surface area contributed by atoms with Crippen molar-refractivity contribution in [1.82, 2.24) is 0 Å². The zero-order chi connectivity index (χ0) is 19.1. The van der Waals surface area contributed by atoms with Gasteiger partial charge in [-0.1, -0.05) is 45.1 Å². The van der Waals surface area contributed by atoms with Crippen molar-refractivity contribution in [3.8, 4) is 0 Å². The van der Waals surface area contributed by atoms with E-state index in [1.165, 1.54) is 0 Å². The molecule has 0 amide bonds. The van der Waals surface area contributed by atoms with E-state index in [9.17, 15) is 14.2 Å². The maximum Gasteiger partial charge on any atom is 0.333 e. The molecule has 0 heterocycles. The van der Waals surface area contributed by atoms with Crippen molar-refractivity contribution in [2.75, 3.05) is 19.4 Å². The van der Waals surface area contributed by atoms with Crippen molar-refractivity contribution in [1.29, 1.82) is 0 Å². The predicted octanol–water partition coefficient (Wildman–Crippen LogP) is 3.34. The van der Waals surface area contributed by atoms with E-state index in [0.717, 1.165) is 51.4 Å². The van der Waals surface area contributed by atoms with Gasteiger partial charge in [0.05, 0.1) is 25.8 Å². The normalized spacial score (nSPS) is 11.2. The number of carbonyl (C=O) groups excluding carboxylic acids is 2. The number of esters is 2. The van der Waals surface area contributed by atoms with Gasteiger partial charge in [0, 0.05) is 5.57 Å². The molecule has 0 aliphatic carbocycles. The molecule has 2 N–H and O–H groups in total. The summed E-state index contributed by atoms with van der Waals surface area (Å²) in [5, 5.41) is 0. The van der Waals surface area contributed by atoms with Gasteiger partial charge in [-0.2, -0.15) is 0 Å². The van der Waals surface area contributed by atoms with Crippen molar-refractivity contribution >= 4 is 19.5 Å². The summed E-state index contributed by atoms with van der Waals surface area (Å²) in [6.45, 7) is 5.89. The quantitative estimate of drug-likeness (QED) is 0.195. The second kappa shape index (κ2) is 14.0. The van der Waals surface area contributed by atoms with Gasteiger partial charge in [-0.05, 0) is 19.8 Å². The minimum Gasteiger partial charge on any atom is -0.466 e. The van der Waals surface area contributed by atoms with Crippen LogP contribution in [0.2, 0.25) is 0 Å². The standard InChI is InChI=1S/C17H31O7P/c1-15(2)17(19)24-13-10-8-6-4-3-5-7-9-12-23-16(18)11-14-25(20,21)22/h1,3-14H2,2H3,(H2,20,21,22). The summed E-state index contributed by atoms with van der Waals surface area (Å²) in [5.41, 5.74) is 0.424. The molecular weight excluding hydrogens is 347 g/mol. The van der Waals surface area contributed by atoms with Crippen LogP contribution in [0.4, 0.5) is 0 Å². The Hall–Kier alpha value is -1.17. The summed E-state index contributed by atoms with van der Waals surface area (Å²) in [6, 6.07) is 0. The Morgan fingerprint density at radius 3 is 1.76 bits per heavy atom. The van der Waals surface area contributed by atoms with Gasteiger partial charge in [0.15, 0.2) is 0 Å². The largest absolute Gasteiger partial charge is 0.466 e. The van der Waals surface area contributed by atoms with Crippen molar-refractivity contribution in [2.24, 2.45) is 0 Å². The van der Waals surface area contributed by atoms with E-state index in [2.05, 4.69) is 6.58 Å². The molecule has 0 saturated carbocycles. The third-order valence-electron chi connectivity index (χ3n) is 3.49. The minimum absolute atomic E-state index is 0.244. The van der Waals surface area contributed by atoms with E-state index in [1.807, 2.05) is 0 Å². The van der Waals surface area contributed by atoms with Crippen LogP contribution in [-0.2, 0) is 23.6 Å². The molecule has 0 atom stereocenters. The molecule has 0 fully saturated rings. The Kier molecular flexibility index (Phi) is 13.4. The lowest BCUT2D eigenvalue weighted by molar-refractivity contribution is -0.143. The van der Waals surface area contributed by atoms with Crippen molar-refractivity contribution in [3.63, 3.8) is 0 Å². The minimum atomic E-state index is -4.13. The topological polar surface area (TPSA) is 110 Å². The van der Waals surface area contributed by atoms with Gasteiger partial charge in [-0.25, -0.2) is 4.79 Å². The van der Waals surface area contributed by atoms with Gasteiger partial charge in [-0.3, -0.25) is 9.36 Å². The van der Waals surface area contributed by atoms with E-state index < -0.39 is 19.7 Å². The first kappa shape index (κ1) is 23.8. The first-order valence-electron chi connectivity index (χ1n) is 8.75. The Morgan fingerprint density at radius 2 is 1.32 bits per heavy atom. The van der Waals surface area contributed by atoms with Crippen LogP contribution in [-0.4, -0.2) is 41.1 Å². The maximum absolute atomic E-state index is 11.2. The first-order chi connectivity index (χ1) is 11.7. The molecule has 7 nitrogen and oxygen atoms in total. The highest BCUT2D eigenvalue weighted by Crippen LogP contribution is 2.34. The SMILES string of the molecule is C=C(C)C(=O)OCCCCCCCCCCOC(=O)CCP(=O)(O)O. The lowest BCUT2D eigenvalue weighted by Gasteiger charge is -2.06. The molecule has 0 saturated heterocycles. The highest BCUT2D eigenvalue weighted by atomic mass is 31.2. The zero-order valence-electron chi connectivity index (χ0n) is 15.1. The molecule has 146 valence electrons. The van der Waals surface area contributed by atoms with Crippen LogP contribution in [0, 0.1) is 0 Å². The fourth-order valence-corrected chi connectivity index (χ4v) is 2.52. The molecule has 0 aromatic carbocycles. The van der Waals surface area contributed by atoms with Gasteiger partial charge in [0.25, 0.3) is 0 Å². The summed E-state index contributed by atoms with van der Waals surface area (Å²) in [5.74, 6) is -0.891. The third kappa shape index (κ3) is 17.4. The number of rotatable bonds is 15. The fourth-order valence-electron chi connectivity index (χ4n) is 2.05. The van der Waals surface area contributed by atoms with Crippen molar-refractivity contribution < 1.29 is 33.4 Å². The monoisotopic (exact) mass is 378 g/mol. The summed E-state index contributed by atoms with van der Waals surface area (Å²) < 4.78 is 20.5. The maximum atomic E-state index is 11.2. The van der Waals surface area contributed by atoms with E-state index in [1.54, 1.807) is 6.92 Å². The Labute approximate surface area is 149 Å². The molecule has 0 spiro atoms. The smallest absolute Gasteiger partial charge is 0.333 e. The lowest BCUT2D eigenvalue weighted by atomic mass is 10.1. The molecule has 25 heavy (non-hydrogen) atoms. The van der Waals surface area contributed by atoms with Gasteiger partial charge in [0.2, 0.25) is 0 Å². The number of ether oxygens (including phenoxy) is 2. The third-order valence-corrected chi connectivity index (χ3v) is 4.30. The number of hydrogen-bond donors (Lipinski definition) is 2. The number of hydrogen-bond acceptors (Lipinski definition) is 5. The summed E-state index contributed by atoms with van der Waals surface area (Å²) >= 11 is 0. The lowest BCUT2D eigenvalue weighted by Crippen LogP contribution is -2.08. The summed E-state index contributed by atoms with van der Waals surface area (Å²) in [7, 11) is -4.13. The van der Waals surface area contributed by atoms with E-state index in [-0.39, 0.29) is 12.4 Å². The Bertz CT molecular complexity index is 456. The Morgan fingerprint density at radius 1 is 0.880 bits per heavy atom. The number of carbonyl (C=O) groups is 2. The molecule has 0 radical (unpaired) electrons. The molecule has 0 aliphatic rings. The average Bonchev–Trinajstić information content (AvgIpc) is 2.52. The van der Waals surface area contributed by atoms with Crippen LogP contribution in [0.3, 0.4) is 0 Å². The molecule has 0 aliphatic heterocycles. The van der Waals surface area contributed by atoms with Crippen molar-refractivity contribution in [2.45, 2.75) is 64.7 Å². The summed E-state index contributed by atoms with van der Waals surface area (Å²) in [4.78, 5) is 39.7. The molecular formula is C17H31O7P. The molecule has 0 aromatic rings. The average molecular weight is 378 g/mol. The van der Waals surface area contributed by atoms with Crippen LogP contribution in [0.5, 0.6) is 0 Å². The fraction of sp³-hybridized carbons (Fsp3) is 0.765. The molecule has 0 aromatic heterocycles. The molecule has 0 unspecified atom stereocenters. The zero-order valence-corrected chi connectivity index (χ0v) is 16.0. The van der Waals surface area contributed by atoms with Crippen LogP contribution < -0.4 is 0 Å². The van der Waals surface area contributed by atoms with Crippen molar-refractivity contribution in [3.05, 3.63) is 12.2 Å². The highest BCUT2D eigenvalue weighted by Gasteiger charge is 2.15.